The van der Waals surface area contributed by atoms with Crippen LogP contribution in [0.1, 0.15) is 5.69 Å². The molecule has 0 aliphatic carbocycles. The number of anilines is 1. The molecule has 0 saturated carbocycles. The summed E-state index contributed by atoms with van der Waals surface area (Å²) in [6.45, 7) is 0.886. The number of halogens is 1. The number of nitriles is 1. The molecule has 1 aromatic carbocycles. The summed E-state index contributed by atoms with van der Waals surface area (Å²) in [6.07, 6.45) is 0. The standard InChI is InChI=1S/C15H13ClN4O3/c1-19(8-9-23-12-4-2-11(16)3-5-12)15-7-6-14(20(21)22)13(10-17)18-15/h2-7H,8-9H2,1H3. The lowest BCUT2D eigenvalue weighted by molar-refractivity contribution is -0.385. The highest BCUT2D eigenvalue weighted by Gasteiger charge is 2.16. The Hall–Kier alpha value is -2.85. The maximum Gasteiger partial charge on any atom is 0.305 e. The van der Waals surface area contributed by atoms with E-state index in [2.05, 4.69) is 4.98 Å². The smallest absolute Gasteiger partial charge is 0.305 e. The molecule has 2 aromatic rings. The van der Waals surface area contributed by atoms with Crippen LogP contribution in [-0.2, 0) is 0 Å². The summed E-state index contributed by atoms with van der Waals surface area (Å²) in [5.41, 5.74) is -0.514. The Morgan fingerprint density at radius 1 is 1.35 bits per heavy atom. The molecule has 0 aliphatic rings. The van der Waals surface area contributed by atoms with Crippen molar-refractivity contribution in [1.29, 1.82) is 5.26 Å². The van der Waals surface area contributed by atoms with Crippen LogP contribution in [0.15, 0.2) is 36.4 Å². The minimum absolute atomic E-state index is 0.210. The normalized spacial score (nSPS) is 9.96. The van der Waals surface area contributed by atoms with Crippen LogP contribution in [0, 0.1) is 21.4 Å². The number of rotatable bonds is 6. The number of benzene rings is 1. The van der Waals surface area contributed by atoms with Crippen LogP contribution in [0.5, 0.6) is 5.75 Å². The molecule has 1 heterocycles. The number of nitrogens with zero attached hydrogens (tertiary/aromatic N) is 4. The van der Waals surface area contributed by atoms with Gasteiger partial charge >= 0.3 is 5.69 Å². The van der Waals surface area contributed by atoms with E-state index in [9.17, 15) is 10.1 Å². The van der Waals surface area contributed by atoms with Crippen molar-refractivity contribution in [3.8, 4) is 11.8 Å². The third-order valence-corrected chi connectivity index (χ3v) is 3.31. The van der Waals surface area contributed by atoms with Gasteiger partial charge in [0.1, 0.15) is 24.2 Å². The molecule has 0 radical (unpaired) electrons. The third kappa shape index (κ3) is 4.31. The molecule has 2 rings (SSSR count). The zero-order chi connectivity index (χ0) is 16.8. The number of pyridine rings is 1. The third-order valence-electron chi connectivity index (χ3n) is 3.06. The van der Waals surface area contributed by atoms with Crippen molar-refractivity contribution in [1.82, 2.24) is 4.98 Å². The zero-order valence-corrected chi connectivity index (χ0v) is 13.0. The predicted octanol–water partition coefficient (Wildman–Crippen LogP) is 3.03. The Labute approximate surface area is 137 Å². The lowest BCUT2D eigenvalue weighted by Crippen LogP contribution is -2.24. The molecule has 23 heavy (non-hydrogen) atoms. The summed E-state index contributed by atoms with van der Waals surface area (Å²) in [7, 11) is 1.76. The van der Waals surface area contributed by atoms with Crippen LogP contribution >= 0.6 is 11.6 Å². The molecule has 0 saturated heterocycles. The molecule has 0 amide bonds. The SMILES string of the molecule is CN(CCOc1ccc(Cl)cc1)c1ccc([N+](=O)[O-])c(C#N)n1. The fourth-order valence-corrected chi connectivity index (χ4v) is 1.96. The van der Waals surface area contributed by atoms with Gasteiger partial charge in [-0.05, 0) is 30.3 Å². The van der Waals surface area contributed by atoms with Crippen LogP contribution in [0.3, 0.4) is 0 Å². The van der Waals surface area contributed by atoms with E-state index in [1.54, 1.807) is 42.3 Å². The topological polar surface area (TPSA) is 92.3 Å². The second-order valence-corrected chi connectivity index (χ2v) is 5.07. The molecule has 0 bridgehead atoms. The van der Waals surface area contributed by atoms with Gasteiger partial charge in [-0.15, -0.1) is 0 Å². The maximum absolute atomic E-state index is 10.8. The number of likely N-dealkylation sites (N-methyl/N-ethyl adjacent to an activating group) is 1. The molecule has 0 fully saturated rings. The summed E-state index contributed by atoms with van der Waals surface area (Å²) in [4.78, 5) is 15.9. The van der Waals surface area contributed by atoms with E-state index in [4.69, 9.17) is 21.6 Å². The fourth-order valence-electron chi connectivity index (χ4n) is 1.83. The second kappa shape index (κ2) is 7.42. The van der Waals surface area contributed by atoms with Crippen LogP contribution in [0.2, 0.25) is 5.02 Å². The Morgan fingerprint density at radius 2 is 2.04 bits per heavy atom. The van der Waals surface area contributed by atoms with Gasteiger partial charge in [0.05, 0.1) is 11.5 Å². The number of hydrogen-bond acceptors (Lipinski definition) is 6. The van der Waals surface area contributed by atoms with E-state index >= 15 is 0 Å². The van der Waals surface area contributed by atoms with Gasteiger partial charge in [0, 0.05) is 18.1 Å². The Morgan fingerprint density at radius 3 is 2.65 bits per heavy atom. The van der Waals surface area contributed by atoms with Gasteiger partial charge in [-0.2, -0.15) is 5.26 Å². The van der Waals surface area contributed by atoms with Crippen molar-refractivity contribution in [3.05, 3.63) is 57.2 Å². The van der Waals surface area contributed by atoms with E-state index in [1.807, 2.05) is 0 Å². The molecule has 0 N–H and O–H groups in total. The van der Waals surface area contributed by atoms with Crippen molar-refractivity contribution in [3.63, 3.8) is 0 Å². The van der Waals surface area contributed by atoms with E-state index < -0.39 is 4.92 Å². The first kappa shape index (κ1) is 16.5. The second-order valence-electron chi connectivity index (χ2n) is 4.63. The zero-order valence-electron chi connectivity index (χ0n) is 12.3. The molecule has 118 valence electrons. The Balaban J connectivity index is 1.98. The molecule has 0 unspecified atom stereocenters. The molecule has 1 aromatic heterocycles. The van der Waals surface area contributed by atoms with E-state index in [0.29, 0.717) is 29.7 Å². The molecule has 0 aliphatic heterocycles. The average molecular weight is 333 g/mol. The molecular formula is C15H13ClN4O3. The highest BCUT2D eigenvalue weighted by Crippen LogP contribution is 2.20. The molecule has 7 nitrogen and oxygen atoms in total. The van der Waals surface area contributed by atoms with Crippen LogP contribution in [-0.4, -0.2) is 30.1 Å². The summed E-state index contributed by atoms with van der Waals surface area (Å²) in [5.74, 6) is 1.16. The highest BCUT2D eigenvalue weighted by atomic mass is 35.5. The average Bonchev–Trinajstić information content (AvgIpc) is 2.55. The predicted molar refractivity (Wildman–Crippen MR) is 85.8 cm³/mol. The van der Waals surface area contributed by atoms with Crippen LogP contribution in [0.25, 0.3) is 0 Å². The van der Waals surface area contributed by atoms with Gasteiger partial charge in [0.25, 0.3) is 0 Å². The van der Waals surface area contributed by atoms with Gasteiger partial charge in [0.2, 0.25) is 5.69 Å². The minimum atomic E-state index is -0.626. The largest absolute Gasteiger partial charge is 0.492 e. The highest BCUT2D eigenvalue weighted by molar-refractivity contribution is 6.30. The molecule has 0 atom stereocenters. The monoisotopic (exact) mass is 332 g/mol. The lowest BCUT2D eigenvalue weighted by atomic mass is 10.3. The Bertz CT molecular complexity index is 743. The van der Waals surface area contributed by atoms with E-state index in [-0.39, 0.29) is 11.4 Å². The fraction of sp³-hybridized carbons (Fsp3) is 0.200. The number of nitro groups is 1. The molecule has 8 heteroatoms. The minimum Gasteiger partial charge on any atom is -0.492 e. The van der Waals surface area contributed by atoms with Crippen molar-refractivity contribution in [2.45, 2.75) is 0 Å². The first-order valence-electron chi connectivity index (χ1n) is 6.66. The maximum atomic E-state index is 10.8. The molecule has 0 spiro atoms. The number of hydrogen-bond donors (Lipinski definition) is 0. The summed E-state index contributed by atoms with van der Waals surface area (Å²) >= 11 is 5.79. The van der Waals surface area contributed by atoms with Gasteiger partial charge in [-0.3, -0.25) is 10.1 Å². The first-order chi connectivity index (χ1) is 11.0. The number of ether oxygens (including phenoxy) is 1. The van der Waals surface area contributed by atoms with Gasteiger partial charge < -0.3 is 9.64 Å². The Kier molecular flexibility index (Phi) is 5.33. The quantitative estimate of drug-likeness (QED) is 0.596. The lowest BCUT2D eigenvalue weighted by Gasteiger charge is -2.18. The summed E-state index contributed by atoms with van der Waals surface area (Å²) < 4.78 is 5.57. The van der Waals surface area contributed by atoms with Gasteiger partial charge in [-0.25, -0.2) is 4.98 Å². The van der Waals surface area contributed by atoms with Crippen molar-refractivity contribution < 1.29 is 9.66 Å². The van der Waals surface area contributed by atoms with Crippen molar-refractivity contribution >= 4 is 23.1 Å². The number of aromatic nitrogens is 1. The molecular weight excluding hydrogens is 320 g/mol. The van der Waals surface area contributed by atoms with Crippen molar-refractivity contribution in [2.75, 3.05) is 25.1 Å². The van der Waals surface area contributed by atoms with Gasteiger partial charge in [-0.1, -0.05) is 11.6 Å². The first-order valence-corrected chi connectivity index (χ1v) is 7.04. The summed E-state index contributed by atoms with van der Waals surface area (Å²) in [6, 6.07) is 11.5. The van der Waals surface area contributed by atoms with Crippen LogP contribution < -0.4 is 9.64 Å². The van der Waals surface area contributed by atoms with Gasteiger partial charge in [0.15, 0.2) is 0 Å². The van der Waals surface area contributed by atoms with E-state index in [1.165, 1.54) is 12.1 Å². The van der Waals surface area contributed by atoms with E-state index in [0.717, 1.165) is 0 Å². The summed E-state index contributed by atoms with van der Waals surface area (Å²) in [5, 5.41) is 20.4. The van der Waals surface area contributed by atoms with Crippen molar-refractivity contribution in [2.24, 2.45) is 0 Å². The van der Waals surface area contributed by atoms with Crippen LogP contribution in [0.4, 0.5) is 11.5 Å².